The number of benzene rings is 1. The molecular weight excluding hydrogens is 485 g/mol. The topological polar surface area (TPSA) is 107 Å². The van der Waals surface area contributed by atoms with Crippen molar-refractivity contribution >= 4 is 45.5 Å². The standard InChI is InChI=1S/C26H26FN3O5S/c1-16(2)26(12-21(30-35-26)24-19-6-4-3-5-18(19)7-9-28-24)25(33)29-20(22(31)13-27)11-23(32)34-14-17-8-10-36-15-17/h3-10,15-16,20H,11-14H2,1-2H3,(H,29,33)/t20-,26+/m0/s1. The van der Waals surface area contributed by atoms with E-state index in [9.17, 15) is 18.8 Å². The van der Waals surface area contributed by atoms with E-state index in [1.54, 1.807) is 26.1 Å². The molecule has 1 aliphatic rings. The van der Waals surface area contributed by atoms with Gasteiger partial charge in [0, 0.05) is 29.5 Å². The molecule has 0 unspecified atom stereocenters. The lowest BCUT2D eigenvalue weighted by Gasteiger charge is -2.30. The van der Waals surface area contributed by atoms with E-state index in [4.69, 9.17) is 9.57 Å². The van der Waals surface area contributed by atoms with Crippen LogP contribution < -0.4 is 5.32 Å². The molecule has 0 spiro atoms. The predicted octanol–water partition coefficient (Wildman–Crippen LogP) is 3.97. The maximum atomic E-state index is 13.5. The average Bonchev–Trinajstić information content (AvgIpc) is 3.57. The Morgan fingerprint density at radius 3 is 2.75 bits per heavy atom. The second-order valence-corrected chi connectivity index (χ2v) is 9.63. The van der Waals surface area contributed by atoms with Crippen molar-refractivity contribution in [1.82, 2.24) is 10.3 Å². The molecule has 10 heteroatoms. The van der Waals surface area contributed by atoms with E-state index in [1.165, 1.54) is 11.3 Å². The highest BCUT2D eigenvalue weighted by molar-refractivity contribution is 7.07. The monoisotopic (exact) mass is 511 g/mol. The molecule has 0 fully saturated rings. The van der Waals surface area contributed by atoms with Crippen LogP contribution in [0.2, 0.25) is 0 Å². The van der Waals surface area contributed by atoms with Gasteiger partial charge in [-0.15, -0.1) is 0 Å². The van der Waals surface area contributed by atoms with E-state index in [0.717, 1.165) is 16.3 Å². The summed E-state index contributed by atoms with van der Waals surface area (Å²) in [6.07, 6.45) is 1.26. The minimum atomic E-state index is -1.45. The number of amides is 1. The number of thiophene rings is 1. The first-order valence-electron chi connectivity index (χ1n) is 11.5. The number of carbonyl (C=O) groups excluding carboxylic acids is 3. The summed E-state index contributed by atoms with van der Waals surface area (Å²) in [5, 5.41) is 12.2. The number of oxime groups is 1. The Balaban J connectivity index is 1.49. The predicted molar refractivity (Wildman–Crippen MR) is 133 cm³/mol. The lowest BCUT2D eigenvalue weighted by molar-refractivity contribution is -0.153. The number of hydrogen-bond donors (Lipinski definition) is 1. The first-order valence-corrected chi connectivity index (χ1v) is 12.4. The Morgan fingerprint density at radius 1 is 1.22 bits per heavy atom. The minimum absolute atomic E-state index is 0.0289. The summed E-state index contributed by atoms with van der Waals surface area (Å²) in [6.45, 7) is 2.27. The van der Waals surface area contributed by atoms with Crippen LogP contribution in [0.4, 0.5) is 4.39 Å². The molecule has 1 N–H and O–H groups in total. The number of Topliss-reactive ketones (excluding diaryl/α,β-unsaturated/α-hetero) is 1. The first-order chi connectivity index (χ1) is 17.3. The molecule has 1 aliphatic heterocycles. The van der Waals surface area contributed by atoms with Gasteiger partial charge < -0.3 is 14.9 Å². The molecule has 8 nitrogen and oxygen atoms in total. The Bertz CT molecular complexity index is 1290. The van der Waals surface area contributed by atoms with E-state index in [2.05, 4.69) is 15.5 Å². The van der Waals surface area contributed by atoms with E-state index < -0.39 is 42.4 Å². The van der Waals surface area contributed by atoms with Crippen LogP contribution >= 0.6 is 11.3 Å². The molecule has 188 valence electrons. The number of pyridine rings is 1. The van der Waals surface area contributed by atoms with Crippen molar-refractivity contribution in [2.45, 2.75) is 44.9 Å². The number of hydrogen-bond acceptors (Lipinski definition) is 8. The zero-order valence-corrected chi connectivity index (χ0v) is 20.7. The highest BCUT2D eigenvalue weighted by Gasteiger charge is 2.51. The van der Waals surface area contributed by atoms with Crippen molar-refractivity contribution in [1.29, 1.82) is 0 Å². The molecule has 0 bridgehead atoms. The summed E-state index contributed by atoms with van der Waals surface area (Å²) in [7, 11) is 0. The molecule has 0 aliphatic carbocycles. The van der Waals surface area contributed by atoms with Gasteiger partial charge in [-0.3, -0.25) is 19.4 Å². The summed E-state index contributed by atoms with van der Waals surface area (Å²) >= 11 is 1.46. The maximum Gasteiger partial charge on any atom is 0.308 e. The highest BCUT2D eigenvalue weighted by Crippen LogP contribution is 2.35. The number of ether oxygens (including phenoxy) is 1. The fourth-order valence-electron chi connectivity index (χ4n) is 4.00. The van der Waals surface area contributed by atoms with Crippen LogP contribution in [-0.4, -0.2) is 46.7 Å². The molecule has 2 aromatic heterocycles. The number of fused-ring (bicyclic) bond motifs is 1. The smallest absolute Gasteiger partial charge is 0.308 e. The number of ketones is 1. The molecule has 1 aromatic carbocycles. The average molecular weight is 512 g/mol. The van der Waals surface area contributed by atoms with E-state index in [0.29, 0.717) is 11.4 Å². The second kappa shape index (κ2) is 10.9. The molecular formula is C26H26FN3O5S. The van der Waals surface area contributed by atoms with Crippen molar-refractivity contribution in [3.63, 3.8) is 0 Å². The van der Waals surface area contributed by atoms with Crippen molar-refractivity contribution in [2.24, 2.45) is 11.1 Å². The van der Waals surface area contributed by atoms with Crippen molar-refractivity contribution < 1.29 is 28.3 Å². The number of carbonyl (C=O) groups is 3. The number of nitrogens with zero attached hydrogens (tertiary/aromatic N) is 2. The lowest BCUT2D eigenvalue weighted by atomic mass is 9.83. The number of nitrogens with one attached hydrogen (secondary N) is 1. The number of aromatic nitrogens is 1. The first kappa shape index (κ1) is 25.4. The summed E-state index contributed by atoms with van der Waals surface area (Å²) in [6, 6.07) is 9.95. The number of alkyl halides is 1. The number of rotatable bonds is 10. The Kier molecular flexibility index (Phi) is 7.73. The van der Waals surface area contributed by atoms with Gasteiger partial charge in [-0.2, -0.15) is 11.3 Å². The molecule has 0 saturated carbocycles. The lowest BCUT2D eigenvalue weighted by Crippen LogP contribution is -2.55. The number of halogens is 1. The van der Waals surface area contributed by atoms with Gasteiger partial charge in [0.05, 0.1) is 12.1 Å². The molecule has 36 heavy (non-hydrogen) atoms. The van der Waals surface area contributed by atoms with Crippen LogP contribution in [0.25, 0.3) is 10.8 Å². The normalized spacial score (nSPS) is 17.9. The van der Waals surface area contributed by atoms with Crippen LogP contribution in [0.15, 0.2) is 58.5 Å². The zero-order chi connectivity index (χ0) is 25.7. The van der Waals surface area contributed by atoms with E-state index in [1.807, 2.05) is 41.1 Å². The van der Waals surface area contributed by atoms with E-state index in [-0.39, 0.29) is 18.9 Å². The Hall–Kier alpha value is -3.66. The van der Waals surface area contributed by atoms with Gasteiger partial charge in [-0.1, -0.05) is 43.3 Å². The zero-order valence-electron chi connectivity index (χ0n) is 19.9. The van der Waals surface area contributed by atoms with Crippen molar-refractivity contribution in [2.75, 3.05) is 6.67 Å². The van der Waals surface area contributed by atoms with Crippen molar-refractivity contribution in [3.8, 4) is 0 Å². The van der Waals surface area contributed by atoms with Crippen LogP contribution in [0.3, 0.4) is 0 Å². The highest BCUT2D eigenvalue weighted by atomic mass is 32.1. The number of esters is 1. The molecule has 2 atom stereocenters. The van der Waals surface area contributed by atoms with Crippen LogP contribution in [0.5, 0.6) is 0 Å². The second-order valence-electron chi connectivity index (χ2n) is 8.85. The fourth-order valence-corrected chi connectivity index (χ4v) is 4.66. The quantitative estimate of drug-likeness (QED) is 0.413. The molecule has 0 radical (unpaired) electrons. The van der Waals surface area contributed by atoms with Gasteiger partial charge in [-0.05, 0) is 28.3 Å². The summed E-state index contributed by atoms with van der Waals surface area (Å²) in [4.78, 5) is 48.2. The molecule has 4 rings (SSSR count). The van der Waals surface area contributed by atoms with Gasteiger partial charge in [-0.25, -0.2) is 4.39 Å². The fraction of sp³-hybridized carbons (Fsp3) is 0.346. The minimum Gasteiger partial charge on any atom is -0.461 e. The van der Waals surface area contributed by atoms with Gasteiger partial charge in [0.15, 0.2) is 5.78 Å². The van der Waals surface area contributed by atoms with Gasteiger partial charge >= 0.3 is 5.97 Å². The van der Waals surface area contributed by atoms with Gasteiger partial charge in [0.1, 0.15) is 25.0 Å². The molecule has 3 heterocycles. The molecule has 1 amide bonds. The van der Waals surface area contributed by atoms with Crippen LogP contribution in [0, 0.1) is 5.92 Å². The third kappa shape index (κ3) is 5.28. The maximum absolute atomic E-state index is 13.5. The molecule has 0 saturated heterocycles. The summed E-state index contributed by atoms with van der Waals surface area (Å²) in [5.74, 6) is -2.67. The molecule has 3 aromatic rings. The summed E-state index contributed by atoms with van der Waals surface area (Å²) < 4.78 is 18.5. The van der Waals surface area contributed by atoms with Gasteiger partial charge in [0.2, 0.25) is 5.60 Å². The Labute approximate surface area is 211 Å². The van der Waals surface area contributed by atoms with Crippen LogP contribution in [-0.2, 0) is 30.6 Å². The third-order valence-electron chi connectivity index (χ3n) is 6.19. The SMILES string of the molecule is CC(C)[C@@]1(C(=O)N[C@@H](CC(=O)OCc2ccsc2)C(=O)CF)CC(c2nccc3ccccc23)=NO1. The van der Waals surface area contributed by atoms with Crippen molar-refractivity contribution in [3.05, 3.63) is 64.6 Å². The largest absolute Gasteiger partial charge is 0.461 e. The van der Waals surface area contributed by atoms with Gasteiger partial charge in [0.25, 0.3) is 5.91 Å². The van der Waals surface area contributed by atoms with Crippen LogP contribution in [0.1, 0.15) is 37.9 Å². The van der Waals surface area contributed by atoms with E-state index >= 15 is 0 Å². The third-order valence-corrected chi connectivity index (χ3v) is 6.92. The Morgan fingerprint density at radius 2 is 2.03 bits per heavy atom. The summed E-state index contributed by atoms with van der Waals surface area (Å²) in [5.41, 5.74) is 0.426.